The number of rotatable bonds is 4. The van der Waals surface area contributed by atoms with E-state index in [1.807, 2.05) is 0 Å². The van der Waals surface area contributed by atoms with E-state index < -0.39 is 5.97 Å². The summed E-state index contributed by atoms with van der Waals surface area (Å²) in [4.78, 5) is 23.1. The average Bonchev–Trinajstić information content (AvgIpc) is 2.49. The lowest BCUT2D eigenvalue weighted by Gasteiger charge is -2.09. The predicted molar refractivity (Wildman–Crippen MR) is 82.1 cm³/mol. The third-order valence-electron chi connectivity index (χ3n) is 3.10. The molecule has 1 amide bonds. The van der Waals surface area contributed by atoms with Crippen LogP contribution in [0.4, 0.5) is 5.69 Å². The Hall–Kier alpha value is -2.33. The number of amides is 1. The van der Waals surface area contributed by atoms with Crippen molar-refractivity contribution in [1.82, 2.24) is 0 Å². The van der Waals surface area contributed by atoms with Crippen molar-refractivity contribution in [1.29, 1.82) is 0 Å². The van der Waals surface area contributed by atoms with Gasteiger partial charge in [0.1, 0.15) is 0 Å². The van der Waals surface area contributed by atoms with Gasteiger partial charge in [-0.2, -0.15) is 0 Å². The Morgan fingerprint density at radius 3 is 2.29 bits per heavy atom. The number of carboxylic acids is 1. The lowest BCUT2D eigenvalue weighted by Crippen LogP contribution is -2.13. The zero-order valence-corrected chi connectivity index (χ0v) is 12.1. The molecule has 4 nitrogen and oxygen atoms in total. The van der Waals surface area contributed by atoms with Crippen LogP contribution in [0.25, 0.3) is 0 Å². The van der Waals surface area contributed by atoms with Gasteiger partial charge >= 0.3 is 5.97 Å². The van der Waals surface area contributed by atoms with Gasteiger partial charge in [-0.3, -0.25) is 4.79 Å². The van der Waals surface area contributed by atoms with E-state index in [1.54, 1.807) is 37.3 Å². The maximum Gasteiger partial charge on any atom is 0.335 e. The zero-order chi connectivity index (χ0) is 15.4. The normalized spacial score (nSPS) is 10.2. The van der Waals surface area contributed by atoms with E-state index in [1.165, 1.54) is 12.1 Å². The number of carbonyl (C=O) groups is 2. The number of benzene rings is 2. The van der Waals surface area contributed by atoms with Crippen molar-refractivity contribution in [3.63, 3.8) is 0 Å². The van der Waals surface area contributed by atoms with Gasteiger partial charge in [0.2, 0.25) is 0 Å². The molecule has 2 aromatic carbocycles. The number of nitrogens with one attached hydrogen (secondary N) is 1. The van der Waals surface area contributed by atoms with Crippen molar-refractivity contribution in [2.24, 2.45) is 0 Å². The van der Waals surface area contributed by atoms with E-state index in [2.05, 4.69) is 5.32 Å². The third kappa shape index (κ3) is 3.61. The Morgan fingerprint density at radius 1 is 1.10 bits per heavy atom. The quantitative estimate of drug-likeness (QED) is 0.847. The number of hydrogen-bond donors (Lipinski definition) is 2. The molecular formula is C16H14ClNO3. The second-order valence-corrected chi connectivity index (χ2v) is 4.89. The SMILES string of the molecule is Cc1ccc(C(=O)O)cc1NC(=O)c1ccc(CCl)cc1. The fraction of sp³-hybridized carbons (Fsp3) is 0.125. The fourth-order valence-corrected chi connectivity index (χ4v) is 2.01. The largest absolute Gasteiger partial charge is 0.478 e. The summed E-state index contributed by atoms with van der Waals surface area (Å²) < 4.78 is 0. The maximum absolute atomic E-state index is 12.2. The van der Waals surface area contributed by atoms with Crippen LogP contribution in [0, 0.1) is 6.92 Å². The Balaban J connectivity index is 2.22. The topological polar surface area (TPSA) is 66.4 Å². The first-order valence-corrected chi connectivity index (χ1v) is 6.85. The molecular weight excluding hydrogens is 290 g/mol. The number of anilines is 1. The Kier molecular flexibility index (Phi) is 4.60. The van der Waals surface area contributed by atoms with Crippen LogP contribution in [0.3, 0.4) is 0 Å². The molecule has 0 unspecified atom stereocenters. The highest BCUT2D eigenvalue weighted by Crippen LogP contribution is 2.18. The summed E-state index contributed by atoms with van der Waals surface area (Å²) in [6, 6.07) is 11.5. The standard InChI is InChI=1S/C16H14ClNO3/c1-10-2-5-13(16(20)21)8-14(10)18-15(19)12-6-3-11(9-17)4-7-12/h2-8H,9H2,1H3,(H,18,19)(H,20,21). The molecule has 0 radical (unpaired) electrons. The Bertz CT molecular complexity index is 680. The van der Waals surface area contributed by atoms with Gasteiger partial charge in [-0.15, -0.1) is 11.6 Å². The minimum atomic E-state index is -1.03. The minimum absolute atomic E-state index is 0.133. The molecule has 0 spiro atoms. The predicted octanol–water partition coefficient (Wildman–Crippen LogP) is 3.68. The van der Waals surface area contributed by atoms with Crippen LogP contribution in [-0.4, -0.2) is 17.0 Å². The summed E-state index contributed by atoms with van der Waals surface area (Å²) in [5.74, 6) is -0.930. The average molecular weight is 304 g/mol. The van der Waals surface area contributed by atoms with Gasteiger partial charge in [-0.1, -0.05) is 18.2 Å². The number of hydrogen-bond acceptors (Lipinski definition) is 2. The number of carboxylic acid groups (broad SMARTS) is 1. The molecule has 21 heavy (non-hydrogen) atoms. The van der Waals surface area contributed by atoms with Crippen LogP contribution in [0.15, 0.2) is 42.5 Å². The fourth-order valence-electron chi connectivity index (χ4n) is 1.83. The van der Waals surface area contributed by atoms with Crippen molar-refractivity contribution in [3.8, 4) is 0 Å². The van der Waals surface area contributed by atoms with Crippen molar-refractivity contribution in [2.75, 3.05) is 5.32 Å². The smallest absolute Gasteiger partial charge is 0.335 e. The molecule has 5 heteroatoms. The summed E-state index contributed by atoms with van der Waals surface area (Å²) in [7, 11) is 0. The van der Waals surface area contributed by atoms with Crippen molar-refractivity contribution in [2.45, 2.75) is 12.8 Å². The second-order valence-electron chi connectivity index (χ2n) is 4.62. The van der Waals surface area contributed by atoms with Crippen molar-refractivity contribution in [3.05, 3.63) is 64.7 Å². The molecule has 0 saturated heterocycles. The third-order valence-corrected chi connectivity index (χ3v) is 3.41. The van der Waals surface area contributed by atoms with Crippen LogP contribution in [-0.2, 0) is 5.88 Å². The van der Waals surface area contributed by atoms with Gasteiger partial charge in [0.25, 0.3) is 5.91 Å². The lowest BCUT2D eigenvalue weighted by molar-refractivity contribution is 0.0696. The summed E-state index contributed by atoms with van der Waals surface area (Å²) in [5.41, 5.74) is 2.83. The molecule has 2 rings (SSSR count). The molecule has 0 aliphatic heterocycles. The van der Waals surface area contributed by atoms with E-state index >= 15 is 0 Å². The highest BCUT2D eigenvalue weighted by atomic mass is 35.5. The van der Waals surface area contributed by atoms with E-state index in [0.29, 0.717) is 17.1 Å². The molecule has 108 valence electrons. The molecule has 2 aromatic rings. The van der Waals surface area contributed by atoms with Gasteiger partial charge < -0.3 is 10.4 Å². The number of carbonyl (C=O) groups excluding carboxylic acids is 1. The van der Waals surface area contributed by atoms with Crippen LogP contribution in [0.1, 0.15) is 31.8 Å². The van der Waals surface area contributed by atoms with Crippen LogP contribution < -0.4 is 5.32 Å². The zero-order valence-electron chi connectivity index (χ0n) is 11.4. The molecule has 0 saturated carbocycles. The highest BCUT2D eigenvalue weighted by Gasteiger charge is 2.10. The summed E-state index contributed by atoms with van der Waals surface area (Å²) in [6.45, 7) is 1.80. The Morgan fingerprint density at radius 2 is 1.71 bits per heavy atom. The Labute approximate surface area is 127 Å². The van der Waals surface area contributed by atoms with Crippen molar-refractivity contribution < 1.29 is 14.7 Å². The van der Waals surface area contributed by atoms with Gasteiger partial charge in [-0.05, 0) is 42.3 Å². The monoisotopic (exact) mass is 303 g/mol. The van der Waals surface area contributed by atoms with E-state index in [-0.39, 0.29) is 11.5 Å². The lowest BCUT2D eigenvalue weighted by atomic mass is 10.1. The summed E-state index contributed by atoms with van der Waals surface area (Å²) in [5, 5.41) is 11.7. The van der Waals surface area contributed by atoms with Gasteiger partial charge in [0.05, 0.1) is 5.56 Å². The molecule has 2 N–H and O–H groups in total. The molecule has 0 aliphatic rings. The maximum atomic E-state index is 12.2. The molecule has 0 atom stereocenters. The van der Waals surface area contributed by atoms with E-state index in [0.717, 1.165) is 11.1 Å². The summed E-state index contributed by atoms with van der Waals surface area (Å²) in [6.07, 6.45) is 0. The number of alkyl halides is 1. The van der Waals surface area contributed by atoms with Crippen LogP contribution >= 0.6 is 11.6 Å². The molecule has 0 fully saturated rings. The van der Waals surface area contributed by atoms with Gasteiger partial charge in [-0.25, -0.2) is 4.79 Å². The molecule has 0 bridgehead atoms. The van der Waals surface area contributed by atoms with E-state index in [9.17, 15) is 9.59 Å². The molecule has 0 aromatic heterocycles. The number of halogens is 1. The number of aromatic carboxylic acids is 1. The molecule has 0 aliphatic carbocycles. The second kappa shape index (κ2) is 6.41. The number of aryl methyl sites for hydroxylation is 1. The summed E-state index contributed by atoms with van der Waals surface area (Å²) >= 11 is 5.70. The van der Waals surface area contributed by atoms with Crippen LogP contribution in [0.2, 0.25) is 0 Å². The minimum Gasteiger partial charge on any atom is -0.478 e. The molecule has 0 heterocycles. The van der Waals surface area contributed by atoms with E-state index in [4.69, 9.17) is 16.7 Å². The van der Waals surface area contributed by atoms with Crippen molar-refractivity contribution >= 4 is 29.2 Å². The van der Waals surface area contributed by atoms with Crippen LogP contribution in [0.5, 0.6) is 0 Å². The first kappa shape index (κ1) is 15.1. The highest BCUT2D eigenvalue weighted by molar-refractivity contribution is 6.17. The first-order chi connectivity index (χ1) is 10.0. The van der Waals surface area contributed by atoms with Gasteiger partial charge in [0.15, 0.2) is 0 Å². The van der Waals surface area contributed by atoms with Gasteiger partial charge in [0, 0.05) is 17.1 Å². The first-order valence-electron chi connectivity index (χ1n) is 6.31.